The number of thiazole rings is 1. The van der Waals surface area contributed by atoms with Crippen molar-refractivity contribution in [1.29, 1.82) is 0 Å². The predicted octanol–water partition coefficient (Wildman–Crippen LogP) is 3.74. The molecule has 4 aromatic heterocycles. The van der Waals surface area contributed by atoms with Crippen molar-refractivity contribution in [2.24, 2.45) is 0 Å². The fourth-order valence-corrected chi connectivity index (χ4v) is 3.73. The number of pyridine rings is 1. The Bertz CT molecular complexity index is 892. The zero-order chi connectivity index (χ0) is 21.8. The van der Waals surface area contributed by atoms with Gasteiger partial charge in [0.2, 0.25) is 0 Å². The van der Waals surface area contributed by atoms with E-state index in [-0.39, 0.29) is 0 Å². The van der Waals surface area contributed by atoms with Crippen LogP contribution in [-0.4, -0.2) is 47.1 Å². The summed E-state index contributed by atoms with van der Waals surface area (Å²) in [4.78, 5) is 7.69. The summed E-state index contributed by atoms with van der Waals surface area (Å²) in [5.74, 6) is 2.83. The molecular formula is C20H24N8OS2. The number of fused-ring (bicyclic) bond motifs is 1. The third-order valence-electron chi connectivity index (χ3n) is 3.41. The first-order valence-electron chi connectivity index (χ1n) is 9.44. The number of H-pyrrole nitrogens is 2. The maximum Gasteiger partial charge on any atom is 0.180 e. The van der Waals surface area contributed by atoms with Gasteiger partial charge in [0.15, 0.2) is 12.4 Å². The minimum Gasteiger partial charge on any atom is -0.619 e. The van der Waals surface area contributed by atoms with E-state index in [1.807, 2.05) is 23.7 Å². The van der Waals surface area contributed by atoms with Crippen molar-refractivity contribution in [3.05, 3.63) is 90.6 Å². The van der Waals surface area contributed by atoms with Crippen LogP contribution in [0.3, 0.4) is 0 Å². The predicted molar refractivity (Wildman–Crippen MR) is 124 cm³/mol. The highest BCUT2D eigenvalue weighted by Crippen LogP contribution is 2.15. The molecule has 9 nitrogen and oxygen atoms in total. The third kappa shape index (κ3) is 12.1. The van der Waals surface area contributed by atoms with E-state index in [4.69, 9.17) is 0 Å². The summed E-state index contributed by atoms with van der Waals surface area (Å²) in [5.41, 5.74) is 2.97. The van der Waals surface area contributed by atoms with Gasteiger partial charge in [-0.2, -0.15) is 37.0 Å². The molecule has 11 heteroatoms. The average Bonchev–Trinajstić information content (AvgIpc) is 3.66. The van der Waals surface area contributed by atoms with Gasteiger partial charge in [-0.25, -0.2) is 9.97 Å². The molecule has 2 N–H and O–H groups in total. The van der Waals surface area contributed by atoms with Crippen LogP contribution in [0.1, 0.15) is 12.8 Å². The van der Waals surface area contributed by atoms with Crippen molar-refractivity contribution in [3.8, 4) is 0 Å². The lowest BCUT2D eigenvalue weighted by Gasteiger charge is -1.88. The molecule has 5 heterocycles. The third-order valence-corrected chi connectivity index (χ3v) is 5.38. The molecule has 1 fully saturated rings. The summed E-state index contributed by atoms with van der Waals surface area (Å²) in [5, 5.41) is 25.5. The number of nitrogens with one attached hydrogen (secondary N) is 2. The molecule has 0 amide bonds. The van der Waals surface area contributed by atoms with Gasteiger partial charge in [0.1, 0.15) is 12.7 Å². The lowest BCUT2D eigenvalue weighted by Crippen LogP contribution is -2.22. The molecule has 0 spiro atoms. The number of nitrogens with zero attached hydrogens (tertiary/aromatic N) is 6. The second-order valence-corrected chi connectivity index (χ2v) is 7.79. The smallest absolute Gasteiger partial charge is 0.180 e. The van der Waals surface area contributed by atoms with E-state index in [1.54, 1.807) is 41.9 Å². The molecule has 1 aliphatic heterocycles. The number of hydrogen-bond acceptors (Lipinski definition) is 8. The average molecular weight is 457 g/mol. The minimum atomic E-state index is 0.750. The van der Waals surface area contributed by atoms with Gasteiger partial charge in [-0.05, 0) is 36.5 Å². The monoisotopic (exact) mass is 456 g/mol. The molecule has 0 aliphatic carbocycles. The van der Waals surface area contributed by atoms with Crippen molar-refractivity contribution in [2.75, 3.05) is 11.5 Å². The Hall–Kier alpha value is -3.31. The van der Waals surface area contributed by atoms with Crippen LogP contribution in [0.4, 0.5) is 0 Å². The van der Waals surface area contributed by atoms with Crippen molar-refractivity contribution in [1.82, 2.24) is 35.6 Å². The van der Waals surface area contributed by atoms with Crippen molar-refractivity contribution >= 4 is 33.3 Å². The Morgan fingerprint density at radius 3 is 2.06 bits per heavy atom. The Morgan fingerprint density at radius 2 is 1.65 bits per heavy atom. The maximum atomic E-state index is 10.2. The fourth-order valence-electron chi connectivity index (χ4n) is 2.03. The van der Waals surface area contributed by atoms with Crippen LogP contribution in [0.2, 0.25) is 0 Å². The molecule has 31 heavy (non-hydrogen) atoms. The normalized spacial score (nSPS) is 11.4. The summed E-state index contributed by atoms with van der Waals surface area (Å²) >= 11 is 3.75. The topological polar surface area (TPSA) is 123 Å². The van der Waals surface area contributed by atoms with Crippen LogP contribution in [-0.2, 0) is 0 Å². The van der Waals surface area contributed by atoms with E-state index in [0.29, 0.717) is 0 Å². The van der Waals surface area contributed by atoms with E-state index in [9.17, 15) is 5.21 Å². The summed E-state index contributed by atoms with van der Waals surface area (Å²) in [6.07, 6.45) is 11.9. The first kappa shape index (κ1) is 24.0. The van der Waals surface area contributed by atoms with Gasteiger partial charge < -0.3 is 5.21 Å². The SMILES string of the molecule is C1CCSC1.[O-][n+]1ccccc1.c1ccc2scnc2c1.c1cn[nH]n1.c1nc[nH]n1. The van der Waals surface area contributed by atoms with Gasteiger partial charge in [0, 0.05) is 12.1 Å². The zero-order valence-corrected chi connectivity index (χ0v) is 18.5. The molecular weight excluding hydrogens is 432 g/mol. The molecule has 5 aromatic rings. The minimum absolute atomic E-state index is 0.750. The van der Waals surface area contributed by atoms with Crippen LogP contribution < -0.4 is 4.73 Å². The number of aromatic amines is 2. The first-order valence-corrected chi connectivity index (χ1v) is 11.5. The Kier molecular flexibility index (Phi) is 12.7. The molecule has 6 rings (SSSR count). The van der Waals surface area contributed by atoms with Gasteiger partial charge in [0.25, 0.3) is 0 Å². The second-order valence-electron chi connectivity index (χ2n) is 5.68. The molecule has 1 aromatic carbocycles. The van der Waals surface area contributed by atoms with E-state index in [2.05, 4.69) is 53.4 Å². The van der Waals surface area contributed by atoms with E-state index >= 15 is 0 Å². The summed E-state index contributed by atoms with van der Waals surface area (Å²) in [6.45, 7) is 0. The van der Waals surface area contributed by atoms with Gasteiger partial charge in [-0.3, -0.25) is 5.10 Å². The van der Waals surface area contributed by atoms with Crippen LogP contribution in [0.25, 0.3) is 10.2 Å². The van der Waals surface area contributed by atoms with Crippen molar-refractivity contribution < 1.29 is 4.73 Å². The zero-order valence-electron chi connectivity index (χ0n) is 16.8. The van der Waals surface area contributed by atoms with Crippen LogP contribution in [0.5, 0.6) is 0 Å². The standard InChI is InChI=1S/C7H5NS.C5H5NO.C4H8S.2C2H3N3/c1-2-4-7-6(3-1)8-5-9-7;7-6-4-2-1-3-5-6;1-2-4-5-3-1;1-3-2-5-4-1;1-2-4-5-3-1/h1-5H;1-5H;1-4H2;2*1-2H,(H,3,4,5). The maximum absolute atomic E-state index is 10.2. The van der Waals surface area contributed by atoms with Crippen molar-refractivity contribution in [3.63, 3.8) is 0 Å². The molecule has 162 valence electrons. The van der Waals surface area contributed by atoms with Crippen LogP contribution >= 0.6 is 23.1 Å². The van der Waals surface area contributed by atoms with Gasteiger partial charge >= 0.3 is 0 Å². The van der Waals surface area contributed by atoms with Crippen molar-refractivity contribution in [2.45, 2.75) is 12.8 Å². The van der Waals surface area contributed by atoms with Crippen LogP contribution in [0.15, 0.2) is 85.4 Å². The number of rotatable bonds is 0. The second kappa shape index (κ2) is 16.5. The summed E-state index contributed by atoms with van der Waals surface area (Å²) in [7, 11) is 0. The Balaban J connectivity index is 0.000000141. The quantitative estimate of drug-likeness (QED) is 0.269. The molecule has 0 unspecified atom stereocenters. The number of aromatic nitrogens is 8. The molecule has 1 aliphatic rings. The van der Waals surface area contributed by atoms with E-state index in [1.165, 1.54) is 54.1 Å². The van der Waals surface area contributed by atoms with E-state index in [0.717, 1.165) is 10.2 Å². The molecule has 1 saturated heterocycles. The number of benzene rings is 1. The largest absolute Gasteiger partial charge is 0.619 e. The molecule has 0 radical (unpaired) electrons. The first-order chi connectivity index (χ1) is 15.4. The highest BCUT2D eigenvalue weighted by molar-refractivity contribution is 7.99. The van der Waals surface area contributed by atoms with Gasteiger partial charge in [-0.15, -0.1) is 11.3 Å². The number of para-hydroxylation sites is 1. The number of hydrogen-bond donors (Lipinski definition) is 2. The summed E-state index contributed by atoms with van der Waals surface area (Å²) in [6, 6.07) is 13.3. The molecule has 0 saturated carbocycles. The van der Waals surface area contributed by atoms with E-state index < -0.39 is 0 Å². The Morgan fingerprint density at radius 1 is 0.903 bits per heavy atom. The lowest BCUT2D eigenvalue weighted by atomic mass is 10.3. The van der Waals surface area contributed by atoms with Gasteiger partial charge in [-0.1, -0.05) is 18.2 Å². The lowest BCUT2D eigenvalue weighted by molar-refractivity contribution is -0.605. The highest BCUT2D eigenvalue weighted by Gasteiger charge is 1.95. The summed E-state index contributed by atoms with van der Waals surface area (Å²) < 4.78 is 2.01. The number of thioether (sulfide) groups is 1. The molecule has 0 atom stereocenters. The van der Waals surface area contributed by atoms with Gasteiger partial charge in [0.05, 0.1) is 28.1 Å². The Labute approximate surface area is 188 Å². The van der Waals surface area contributed by atoms with Crippen LogP contribution in [0, 0.1) is 5.21 Å². The molecule has 0 bridgehead atoms. The fraction of sp³-hybridized carbons (Fsp3) is 0.200. The highest BCUT2D eigenvalue weighted by atomic mass is 32.2.